The van der Waals surface area contributed by atoms with Crippen molar-refractivity contribution in [3.05, 3.63) is 70.3 Å². The Morgan fingerprint density at radius 2 is 1.97 bits per heavy atom. The van der Waals surface area contributed by atoms with Crippen molar-refractivity contribution < 1.29 is 14.3 Å². The van der Waals surface area contributed by atoms with Crippen molar-refractivity contribution in [2.45, 2.75) is 39.2 Å². The van der Waals surface area contributed by atoms with E-state index in [1.165, 1.54) is 6.08 Å². The van der Waals surface area contributed by atoms with Gasteiger partial charge >= 0.3 is 6.09 Å². The molecule has 1 aliphatic rings. The first-order valence-electron chi connectivity index (χ1n) is 12.7. The van der Waals surface area contributed by atoms with Crippen molar-refractivity contribution in [3.8, 4) is 0 Å². The Kier molecular flexibility index (Phi) is 9.84. The fraction of sp³-hybridized carbons (Fsp3) is 0.407. The van der Waals surface area contributed by atoms with Crippen LogP contribution in [-0.4, -0.2) is 54.2 Å². The highest BCUT2D eigenvalue weighted by atomic mass is 32.1. The quantitative estimate of drug-likeness (QED) is 0.326. The standard InChI is InChI=1S/C27H34N6O3S/c1-3-6-25-31-32-26(37-25)10-9-22-17-23(33-11-14-35-15-12-33)18-24(29-22)28-19-20-7-5-8-21(16-20)30-27(34)36-13-4-2/h4-5,7-8,16-18H,2-3,6,9-15,19H2,1H3,(H,28,29)(H,30,34). The second-order valence-corrected chi connectivity index (χ2v) is 9.85. The molecule has 1 amide bonds. The Labute approximate surface area is 221 Å². The lowest BCUT2D eigenvalue weighted by Gasteiger charge is -2.29. The molecule has 37 heavy (non-hydrogen) atoms. The van der Waals surface area contributed by atoms with Crippen LogP contribution in [0.3, 0.4) is 0 Å². The summed E-state index contributed by atoms with van der Waals surface area (Å²) in [6, 6.07) is 11.9. The lowest BCUT2D eigenvalue weighted by atomic mass is 10.1. The summed E-state index contributed by atoms with van der Waals surface area (Å²) in [6.07, 6.45) is 4.68. The zero-order valence-corrected chi connectivity index (χ0v) is 22.1. The first-order chi connectivity index (χ1) is 18.1. The maximum atomic E-state index is 11.9. The number of benzene rings is 1. The number of aromatic nitrogens is 3. The number of carbonyl (C=O) groups is 1. The van der Waals surface area contributed by atoms with Crippen LogP contribution in [0, 0.1) is 0 Å². The average Bonchev–Trinajstić information content (AvgIpc) is 3.38. The predicted molar refractivity (Wildman–Crippen MR) is 148 cm³/mol. The van der Waals surface area contributed by atoms with Gasteiger partial charge in [0, 0.05) is 55.6 Å². The van der Waals surface area contributed by atoms with E-state index in [2.05, 4.69) is 51.4 Å². The molecule has 3 aromatic rings. The van der Waals surface area contributed by atoms with Crippen molar-refractivity contribution in [3.63, 3.8) is 0 Å². The third-order valence-electron chi connectivity index (χ3n) is 5.79. The van der Waals surface area contributed by atoms with Gasteiger partial charge in [-0.15, -0.1) is 21.5 Å². The molecule has 9 nitrogen and oxygen atoms in total. The van der Waals surface area contributed by atoms with Crippen LogP contribution in [0.1, 0.15) is 34.6 Å². The number of aryl methyl sites for hydroxylation is 3. The Morgan fingerprint density at radius 1 is 1.16 bits per heavy atom. The lowest BCUT2D eigenvalue weighted by molar-refractivity contribution is 0.122. The Bertz CT molecular complexity index is 1180. The highest BCUT2D eigenvalue weighted by Crippen LogP contribution is 2.23. The molecule has 1 aliphatic heterocycles. The number of amides is 1. The van der Waals surface area contributed by atoms with Crippen LogP contribution >= 0.6 is 11.3 Å². The van der Waals surface area contributed by atoms with Gasteiger partial charge in [0.15, 0.2) is 0 Å². The van der Waals surface area contributed by atoms with Crippen LogP contribution in [0.4, 0.5) is 22.0 Å². The van der Waals surface area contributed by atoms with Gasteiger partial charge in [0.2, 0.25) is 0 Å². The zero-order valence-electron chi connectivity index (χ0n) is 21.2. The van der Waals surface area contributed by atoms with Gasteiger partial charge in [0.25, 0.3) is 0 Å². The molecule has 0 saturated carbocycles. The minimum atomic E-state index is -0.508. The fourth-order valence-corrected chi connectivity index (χ4v) is 4.92. The minimum Gasteiger partial charge on any atom is -0.445 e. The normalized spacial score (nSPS) is 13.3. The smallest absolute Gasteiger partial charge is 0.411 e. The van der Waals surface area contributed by atoms with Gasteiger partial charge < -0.3 is 19.7 Å². The highest BCUT2D eigenvalue weighted by molar-refractivity contribution is 7.11. The summed E-state index contributed by atoms with van der Waals surface area (Å²) in [5.41, 5.74) is 3.83. The van der Waals surface area contributed by atoms with Crippen molar-refractivity contribution in [1.29, 1.82) is 0 Å². The Morgan fingerprint density at radius 3 is 2.76 bits per heavy atom. The van der Waals surface area contributed by atoms with E-state index in [0.717, 1.165) is 84.8 Å². The average molecular weight is 523 g/mol. The molecule has 0 bridgehead atoms. The minimum absolute atomic E-state index is 0.166. The SMILES string of the molecule is C=CCOC(=O)Nc1cccc(CNc2cc(N3CCOCC3)cc(CCc3nnc(CCC)s3)n2)c1. The number of nitrogens with one attached hydrogen (secondary N) is 2. The molecule has 4 rings (SSSR count). The maximum absolute atomic E-state index is 11.9. The van der Waals surface area contributed by atoms with E-state index in [9.17, 15) is 4.79 Å². The van der Waals surface area contributed by atoms with Crippen LogP contribution in [0.15, 0.2) is 49.1 Å². The van der Waals surface area contributed by atoms with E-state index in [4.69, 9.17) is 14.5 Å². The topological polar surface area (TPSA) is 102 Å². The van der Waals surface area contributed by atoms with Crippen LogP contribution in [0.5, 0.6) is 0 Å². The van der Waals surface area contributed by atoms with Crippen LogP contribution in [0.2, 0.25) is 0 Å². The molecule has 10 heteroatoms. The Hall–Kier alpha value is -3.50. The molecular formula is C27H34N6O3S. The zero-order chi connectivity index (χ0) is 25.9. The first-order valence-corrected chi connectivity index (χ1v) is 13.5. The number of nitrogens with zero attached hydrogens (tertiary/aromatic N) is 4. The van der Waals surface area contributed by atoms with Gasteiger partial charge in [0.05, 0.1) is 13.2 Å². The molecule has 1 aromatic carbocycles. The molecule has 0 atom stereocenters. The number of carbonyl (C=O) groups excluding carboxylic acids is 1. The van der Waals surface area contributed by atoms with Gasteiger partial charge in [-0.1, -0.05) is 31.7 Å². The van der Waals surface area contributed by atoms with Crippen LogP contribution in [-0.2, 0) is 35.3 Å². The molecule has 0 radical (unpaired) electrons. The Balaban J connectivity index is 1.44. The van der Waals surface area contributed by atoms with Gasteiger partial charge in [-0.05, 0) is 36.6 Å². The summed E-state index contributed by atoms with van der Waals surface area (Å²) >= 11 is 1.69. The summed E-state index contributed by atoms with van der Waals surface area (Å²) in [5, 5.41) is 17.0. The molecule has 0 unspecified atom stereocenters. The number of anilines is 3. The van der Waals surface area contributed by atoms with E-state index in [-0.39, 0.29) is 6.61 Å². The van der Waals surface area contributed by atoms with Gasteiger partial charge in [0.1, 0.15) is 22.4 Å². The molecule has 1 fully saturated rings. The second kappa shape index (κ2) is 13.7. The van der Waals surface area contributed by atoms with Gasteiger partial charge in [-0.3, -0.25) is 5.32 Å². The van der Waals surface area contributed by atoms with Crippen LogP contribution < -0.4 is 15.5 Å². The third kappa shape index (κ3) is 8.26. The summed E-state index contributed by atoms with van der Waals surface area (Å²) in [5.74, 6) is 0.812. The largest absolute Gasteiger partial charge is 0.445 e. The van der Waals surface area contributed by atoms with Gasteiger partial charge in [-0.2, -0.15) is 0 Å². The molecule has 1 saturated heterocycles. The van der Waals surface area contributed by atoms with Gasteiger partial charge in [-0.25, -0.2) is 9.78 Å². The number of hydrogen-bond acceptors (Lipinski definition) is 9. The van der Waals surface area contributed by atoms with Crippen molar-refractivity contribution in [2.75, 3.05) is 48.4 Å². The third-order valence-corrected chi connectivity index (χ3v) is 6.83. The summed E-state index contributed by atoms with van der Waals surface area (Å²) in [7, 11) is 0. The summed E-state index contributed by atoms with van der Waals surface area (Å²) < 4.78 is 10.5. The van der Waals surface area contributed by atoms with Crippen molar-refractivity contribution in [2.24, 2.45) is 0 Å². The lowest BCUT2D eigenvalue weighted by Crippen LogP contribution is -2.36. The predicted octanol–water partition coefficient (Wildman–Crippen LogP) is 4.85. The van der Waals surface area contributed by atoms with E-state index in [1.807, 2.05) is 24.3 Å². The number of rotatable bonds is 12. The second-order valence-electron chi connectivity index (χ2n) is 8.71. The first kappa shape index (κ1) is 26.6. The van der Waals surface area contributed by atoms with Crippen molar-refractivity contribution in [1.82, 2.24) is 15.2 Å². The molecular weight excluding hydrogens is 488 g/mol. The number of pyridine rings is 1. The van der Waals surface area contributed by atoms with Crippen molar-refractivity contribution >= 4 is 34.6 Å². The van der Waals surface area contributed by atoms with E-state index in [0.29, 0.717) is 12.2 Å². The summed E-state index contributed by atoms with van der Waals surface area (Å²) in [4.78, 5) is 19.1. The van der Waals surface area contributed by atoms with E-state index >= 15 is 0 Å². The number of ether oxygens (including phenoxy) is 2. The summed E-state index contributed by atoms with van der Waals surface area (Å²) in [6.45, 7) is 9.59. The maximum Gasteiger partial charge on any atom is 0.411 e. The number of morpholine rings is 1. The molecule has 0 aliphatic carbocycles. The fourth-order valence-electron chi connectivity index (χ4n) is 3.97. The molecule has 3 heterocycles. The van der Waals surface area contributed by atoms with E-state index in [1.54, 1.807) is 11.3 Å². The highest BCUT2D eigenvalue weighted by Gasteiger charge is 2.14. The van der Waals surface area contributed by atoms with Crippen LogP contribution in [0.25, 0.3) is 0 Å². The molecule has 0 spiro atoms. The monoisotopic (exact) mass is 522 g/mol. The molecule has 2 aromatic heterocycles. The number of hydrogen-bond donors (Lipinski definition) is 2. The molecule has 196 valence electrons. The molecule has 2 N–H and O–H groups in total. The van der Waals surface area contributed by atoms with E-state index < -0.39 is 6.09 Å².